The van der Waals surface area contributed by atoms with Crippen molar-refractivity contribution < 1.29 is 0 Å². The molecule has 96 valence electrons. The van der Waals surface area contributed by atoms with Crippen LogP contribution in [0.1, 0.15) is 31.4 Å². The zero-order valence-corrected chi connectivity index (χ0v) is 11.1. The van der Waals surface area contributed by atoms with Gasteiger partial charge in [0.25, 0.3) is 0 Å². The van der Waals surface area contributed by atoms with Crippen LogP contribution in [0.2, 0.25) is 0 Å². The third-order valence-electron chi connectivity index (χ3n) is 2.70. The Labute approximate surface area is 107 Å². The van der Waals surface area contributed by atoms with Gasteiger partial charge in [0.15, 0.2) is 5.82 Å². The molecule has 0 aliphatic carbocycles. The second-order valence-corrected chi connectivity index (χ2v) is 4.27. The van der Waals surface area contributed by atoms with Crippen molar-refractivity contribution in [3.63, 3.8) is 0 Å². The first-order valence-corrected chi connectivity index (χ1v) is 6.35. The number of nitrogens with zero attached hydrogens (tertiary/aromatic N) is 4. The second kappa shape index (κ2) is 5.62. The summed E-state index contributed by atoms with van der Waals surface area (Å²) in [5, 5.41) is 7.61. The first-order valence-electron chi connectivity index (χ1n) is 6.35. The predicted molar refractivity (Wildman–Crippen MR) is 72.0 cm³/mol. The van der Waals surface area contributed by atoms with E-state index in [1.807, 2.05) is 24.0 Å². The van der Waals surface area contributed by atoms with Crippen LogP contribution in [0.25, 0.3) is 5.82 Å². The van der Waals surface area contributed by atoms with E-state index in [4.69, 9.17) is 0 Å². The number of hydrogen-bond acceptors (Lipinski definition) is 4. The largest absolute Gasteiger partial charge is 0.370 e. The Hall–Kier alpha value is -1.91. The smallest absolute Gasteiger partial charge is 0.161 e. The third kappa shape index (κ3) is 2.50. The molecule has 0 saturated heterocycles. The van der Waals surface area contributed by atoms with Crippen LogP contribution < -0.4 is 5.32 Å². The van der Waals surface area contributed by atoms with Crippen LogP contribution in [0, 0.1) is 6.92 Å². The van der Waals surface area contributed by atoms with E-state index in [0.717, 1.165) is 42.1 Å². The Morgan fingerprint density at radius 1 is 1.28 bits per heavy atom. The summed E-state index contributed by atoms with van der Waals surface area (Å²) in [6.07, 6.45) is 7.40. The maximum atomic E-state index is 4.37. The van der Waals surface area contributed by atoms with E-state index in [2.05, 4.69) is 34.2 Å². The Bertz CT molecular complexity index is 518. The molecule has 0 aliphatic heterocycles. The van der Waals surface area contributed by atoms with Crippen molar-refractivity contribution in [3.05, 3.63) is 29.8 Å². The number of hydrogen-bond donors (Lipinski definition) is 1. The van der Waals surface area contributed by atoms with Crippen molar-refractivity contribution in [2.75, 3.05) is 11.9 Å². The normalized spacial score (nSPS) is 10.6. The SMILES string of the molecule is CCCc1c(NCC)ncnc1-n1cc(C)cn1. The van der Waals surface area contributed by atoms with Gasteiger partial charge in [-0.2, -0.15) is 5.10 Å². The maximum Gasteiger partial charge on any atom is 0.161 e. The molecule has 2 heterocycles. The quantitative estimate of drug-likeness (QED) is 0.878. The average molecular weight is 245 g/mol. The Balaban J connectivity index is 2.48. The number of aryl methyl sites for hydroxylation is 1. The highest BCUT2D eigenvalue weighted by Crippen LogP contribution is 2.20. The van der Waals surface area contributed by atoms with Crippen LogP contribution in [0.3, 0.4) is 0 Å². The van der Waals surface area contributed by atoms with Crippen LogP contribution in [-0.2, 0) is 6.42 Å². The molecule has 2 aromatic rings. The molecule has 0 aromatic carbocycles. The van der Waals surface area contributed by atoms with Gasteiger partial charge in [0, 0.05) is 18.3 Å². The Kier molecular flexibility index (Phi) is 3.92. The summed E-state index contributed by atoms with van der Waals surface area (Å²) in [6, 6.07) is 0. The fraction of sp³-hybridized carbons (Fsp3) is 0.462. The number of aromatic nitrogens is 4. The van der Waals surface area contributed by atoms with Crippen LogP contribution in [0.4, 0.5) is 5.82 Å². The summed E-state index contributed by atoms with van der Waals surface area (Å²) in [5.74, 6) is 1.79. The number of rotatable bonds is 5. The van der Waals surface area contributed by atoms with Crippen molar-refractivity contribution in [2.24, 2.45) is 0 Å². The summed E-state index contributed by atoms with van der Waals surface area (Å²) >= 11 is 0. The number of anilines is 1. The zero-order valence-electron chi connectivity index (χ0n) is 11.1. The Morgan fingerprint density at radius 2 is 2.11 bits per heavy atom. The van der Waals surface area contributed by atoms with Gasteiger partial charge in [-0.25, -0.2) is 14.6 Å². The molecule has 1 N–H and O–H groups in total. The highest BCUT2D eigenvalue weighted by molar-refractivity contribution is 5.51. The predicted octanol–water partition coefficient (Wildman–Crippen LogP) is 2.36. The molecule has 0 saturated carbocycles. The standard InChI is InChI=1S/C13H19N5/c1-4-6-11-12(14-5-2)15-9-16-13(11)18-8-10(3)7-17-18/h7-9H,4-6H2,1-3H3,(H,14,15,16). The van der Waals surface area contributed by atoms with Gasteiger partial charge < -0.3 is 5.32 Å². The van der Waals surface area contributed by atoms with Gasteiger partial charge in [-0.05, 0) is 25.8 Å². The van der Waals surface area contributed by atoms with E-state index in [-0.39, 0.29) is 0 Å². The molecule has 0 radical (unpaired) electrons. The van der Waals surface area contributed by atoms with Gasteiger partial charge in [0.05, 0.1) is 6.20 Å². The van der Waals surface area contributed by atoms with Crippen molar-refractivity contribution in [1.82, 2.24) is 19.7 Å². The second-order valence-electron chi connectivity index (χ2n) is 4.27. The molecule has 0 fully saturated rings. The van der Waals surface area contributed by atoms with Crippen LogP contribution in [0.15, 0.2) is 18.7 Å². The molecule has 2 rings (SSSR count). The fourth-order valence-corrected chi connectivity index (χ4v) is 1.93. The molecule has 18 heavy (non-hydrogen) atoms. The minimum absolute atomic E-state index is 0.852. The van der Waals surface area contributed by atoms with Gasteiger partial charge in [0.1, 0.15) is 12.1 Å². The zero-order chi connectivity index (χ0) is 13.0. The van der Waals surface area contributed by atoms with Crippen molar-refractivity contribution >= 4 is 5.82 Å². The topological polar surface area (TPSA) is 55.6 Å². The maximum absolute atomic E-state index is 4.37. The van der Waals surface area contributed by atoms with E-state index in [9.17, 15) is 0 Å². The Morgan fingerprint density at radius 3 is 2.72 bits per heavy atom. The molecular weight excluding hydrogens is 226 g/mol. The minimum atomic E-state index is 0.852. The van der Waals surface area contributed by atoms with E-state index in [1.54, 1.807) is 6.33 Å². The molecule has 0 unspecified atom stereocenters. The van der Waals surface area contributed by atoms with Gasteiger partial charge in [-0.15, -0.1) is 0 Å². The minimum Gasteiger partial charge on any atom is -0.370 e. The molecule has 2 aromatic heterocycles. The summed E-state index contributed by atoms with van der Waals surface area (Å²) in [7, 11) is 0. The van der Waals surface area contributed by atoms with E-state index in [1.165, 1.54) is 0 Å². The molecule has 5 heteroatoms. The molecule has 5 nitrogen and oxygen atoms in total. The first-order chi connectivity index (χ1) is 8.76. The summed E-state index contributed by atoms with van der Waals surface area (Å²) in [5.41, 5.74) is 2.26. The third-order valence-corrected chi connectivity index (χ3v) is 2.70. The summed E-state index contributed by atoms with van der Waals surface area (Å²) in [6.45, 7) is 7.09. The molecule has 0 bridgehead atoms. The molecule has 0 aliphatic rings. The lowest BCUT2D eigenvalue weighted by atomic mass is 10.1. The van der Waals surface area contributed by atoms with Gasteiger partial charge in [0.2, 0.25) is 0 Å². The van der Waals surface area contributed by atoms with E-state index < -0.39 is 0 Å². The fourth-order valence-electron chi connectivity index (χ4n) is 1.93. The van der Waals surface area contributed by atoms with Crippen LogP contribution >= 0.6 is 0 Å². The van der Waals surface area contributed by atoms with E-state index in [0.29, 0.717) is 0 Å². The highest BCUT2D eigenvalue weighted by Gasteiger charge is 2.12. The lowest BCUT2D eigenvalue weighted by Crippen LogP contribution is -2.10. The lowest BCUT2D eigenvalue weighted by Gasteiger charge is -2.12. The molecular formula is C13H19N5. The van der Waals surface area contributed by atoms with Crippen LogP contribution in [0.5, 0.6) is 0 Å². The average Bonchev–Trinajstić information content (AvgIpc) is 2.78. The summed E-state index contributed by atoms with van der Waals surface area (Å²) in [4.78, 5) is 8.69. The van der Waals surface area contributed by atoms with Crippen molar-refractivity contribution in [2.45, 2.75) is 33.6 Å². The summed E-state index contributed by atoms with van der Waals surface area (Å²) < 4.78 is 1.82. The number of nitrogens with one attached hydrogen (secondary N) is 1. The van der Waals surface area contributed by atoms with Crippen LogP contribution in [-0.4, -0.2) is 26.3 Å². The molecule has 0 amide bonds. The lowest BCUT2D eigenvalue weighted by molar-refractivity contribution is 0.799. The molecule has 0 atom stereocenters. The van der Waals surface area contributed by atoms with E-state index >= 15 is 0 Å². The highest BCUT2D eigenvalue weighted by atomic mass is 15.3. The van der Waals surface area contributed by atoms with Gasteiger partial charge in [-0.1, -0.05) is 13.3 Å². The molecule has 0 spiro atoms. The first kappa shape index (κ1) is 12.5. The monoisotopic (exact) mass is 245 g/mol. The van der Waals surface area contributed by atoms with Gasteiger partial charge in [-0.3, -0.25) is 0 Å². The van der Waals surface area contributed by atoms with Crippen molar-refractivity contribution in [1.29, 1.82) is 0 Å². The van der Waals surface area contributed by atoms with Gasteiger partial charge >= 0.3 is 0 Å². The van der Waals surface area contributed by atoms with Crippen molar-refractivity contribution in [3.8, 4) is 5.82 Å².